The summed E-state index contributed by atoms with van der Waals surface area (Å²) in [7, 11) is 2.11. The third-order valence-electron chi connectivity index (χ3n) is 3.97. The fraction of sp³-hybridized carbons (Fsp3) is 0.375. The standard InChI is InChI=1S/C16H19ClN2/c1-18-10-7-13-5-4-6-14(15(13)11-16(18)17)12-19-8-2-3-9-19/h2-6,8-9,16H,7,10-12H2,1H3. The highest BCUT2D eigenvalue weighted by atomic mass is 35.5. The van der Waals surface area contributed by atoms with Gasteiger partial charge in [0.15, 0.2) is 0 Å². The second-order valence-corrected chi connectivity index (χ2v) is 5.78. The maximum absolute atomic E-state index is 6.47. The van der Waals surface area contributed by atoms with E-state index in [4.69, 9.17) is 11.6 Å². The van der Waals surface area contributed by atoms with Crippen molar-refractivity contribution in [3.8, 4) is 0 Å². The summed E-state index contributed by atoms with van der Waals surface area (Å²) in [6.45, 7) is 1.97. The van der Waals surface area contributed by atoms with Crippen molar-refractivity contribution in [2.45, 2.75) is 24.9 Å². The van der Waals surface area contributed by atoms with Crippen LogP contribution in [0.2, 0.25) is 0 Å². The Morgan fingerprint density at radius 2 is 2.00 bits per heavy atom. The molecule has 2 aromatic rings. The van der Waals surface area contributed by atoms with E-state index in [-0.39, 0.29) is 5.50 Å². The highest BCUT2D eigenvalue weighted by Gasteiger charge is 2.20. The molecule has 1 aliphatic rings. The minimum Gasteiger partial charge on any atom is -0.350 e. The molecule has 0 N–H and O–H groups in total. The number of halogens is 1. The van der Waals surface area contributed by atoms with Crippen LogP contribution >= 0.6 is 11.6 Å². The molecule has 0 radical (unpaired) electrons. The molecule has 1 aliphatic heterocycles. The number of hydrogen-bond acceptors (Lipinski definition) is 1. The van der Waals surface area contributed by atoms with E-state index in [2.05, 4.69) is 59.2 Å². The average Bonchev–Trinajstić information content (AvgIpc) is 2.86. The summed E-state index contributed by atoms with van der Waals surface area (Å²) >= 11 is 6.47. The Bertz CT molecular complexity index is 548. The number of fused-ring (bicyclic) bond motifs is 1. The smallest absolute Gasteiger partial charge is 0.0888 e. The molecule has 19 heavy (non-hydrogen) atoms. The Morgan fingerprint density at radius 3 is 2.79 bits per heavy atom. The Balaban J connectivity index is 1.94. The van der Waals surface area contributed by atoms with Gasteiger partial charge in [0.05, 0.1) is 5.50 Å². The molecule has 0 saturated carbocycles. The van der Waals surface area contributed by atoms with Gasteiger partial charge in [-0.05, 0) is 42.3 Å². The van der Waals surface area contributed by atoms with Crippen molar-refractivity contribution >= 4 is 11.6 Å². The summed E-state index contributed by atoms with van der Waals surface area (Å²) in [6, 6.07) is 10.8. The predicted molar refractivity (Wildman–Crippen MR) is 79.7 cm³/mol. The highest BCUT2D eigenvalue weighted by Crippen LogP contribution is 2.25. The van der Waals surface area contributed by atoms with Crippen molar-refractivity contribution < 1.29 is 0 Å². The van der Waals surface area contributed by atoms with Gasteiger partial charge < -0.3 is 4.57 Å². The van der Waals surface area contributed by atoms with Crippen LogP contribution in [0.5, 0.6) is 0 Å². The van der Waals surface area contributed by atoms with Crippen LogP contribution in [-0.4, -0.2) is 28.6 Å². The number of benzene rings is 1. The zero-order chi connectivity index (χ0) is 13.2. The van der Waals surface area contributed by atoms with Gasteiger partial charge >= 0.3 is 0 Å². The van der Waals surface area contributed by atoms with Gasteiger partial charge in [0.2, 0.25) is 0 Å². The summed E-state index contributed by atoms with van der Waals surface area (Å²) in [5.74, 6) is 0. The first kappa shape index (κ1) is 12.8. The van der Waals surface area contributed by atoms with Crippen LogP contribution in [0.4, 0.5) is 0 Å². The molecular formula is C16H19ClN2. The van der Waals surface area contributed by atoms with E-state index in [0.29, 0.717) is 0 Å². The van der Waals surface area contributed by atoms with Crippen molar-refractivity contribution in [3.63, 3.8) is 0 Å². The van der Waals surface area contributed by atoms with E-state index in [1.54, 1.807) is 0 Å². The van der Waals surface area contributed by atoms with E-state index in [0.717, 1.165) is 25.9 Å². The first-order chi connectivity index (χ1) is 9.24. The van der Waals surface area contributed by atoms with Gasteiger partial charge in [0.25, 0.3) is 0 Å². The van der Waals surface area contributed by atoms with Crippen molar-refractivity contribution in [3.05, 3.63) is 59.4 Å². The molecule has 0 spiro atoms. The van der Waals surface area contributed by atoms with Gasteiger partial charge in [-0.15, -0.1) is 11.6 Å². The second-order valence-electron chi connectivity index (χ2n) is 5.28. The molecular weight excluding hydrogens is 256 g/mol. The SMILES string of the molecule is CN1CCc2cccc(Cn3cccc3)c2CC1Cl. The molecule has 100 valence electrons. The molecule has 3 heteroatoms. The topological polar surface area (TPSA) is 8.17 Å². The van der Waals surface area contributed by atoms with Crippen LogP contribution in [0.25, 0.3) is 0 Å². The molecule has 0 fully saturated rings. The molecule has 0 amide bonds. The van der Waals surface area contributed by atoms with Gasteiger partial charge in [0.1, 0.15) is 0 Å². The van der Waals surface area contributed by atoms with Crippen LogP contribution in [-0.2, 0) is 19.4 Å². The molecule has 2 heterocycles. The number of hydrogen-bond donors (Lipinski definition) is 0. The molecule has 1 aromatic heterocycles. The Morgan fingerprint density at radius 1 is 1.21 bits per heavy atom. The zero-order valence-corrected chi connectivity index (χ0v) is 12.0. The molecule has 1 atom stereocenters. The quantitative estimate of drug-likeness (QED) is 0.603. The normalized spacial score (nSPS) is 20.0. The van der Waals surface area contributed by atoms with E-state index in [9.17, 15) is 0 Å². The van der Waals surface area contributed by atoms with Crippen molar-refractivity contribution in [1.29, 1.82) is 0 Å². The first-order valence-corrected chi connectivity index (χ1v) is 7.22. The maximum atomic E-state index is 6.47. The molecule has 1 unspecified atom stereocenters. The lowest BCUT2D eigenvalue weighted by Crippen LogP contribution is -2.28. The van der Waals surface area contributed by atoms with Crippen molar-refractivity contribution in [2.24, 2.45) is 0 Å². The largest absolute Gasteiger partial charge is 0.350 e. The van der Waals surface area contributed by atoms with E-state index in [1.807, 2.05) is 0 Å². The van der Waals surface area contributed by atoms with Gasteiger partial charge in [0, 0.05) is 31.9 Å². The predicted octanol–water partition coefficient (Wildman–Crippen LogP) is 3.13. The molecule has 0 bridgehead atoms. The van der Waals surface area contributed by atoms with Crippen molar-refractivity contribution in [1.82, 2.24) is 9.47 Å². The van der Waals surface area contributed by atoms with Crippen LogP contribution in [0, 0.1) is 0 Å². The van der Waals surface area contributed by atoms with Gasteiger partial charge in [-0.25, -0.2) is 0 Å². The number of likely N-dealkylation sites (N-methyl/N-ethyl adjacent to an activating group) is 1. The summed E-state index contributed by atoms with van der Waals surface area (Å²) in [5, 5.41) is 0. The lowest BCUT2D eigenvalue weighted by molar-refractivity contribution is 0.319. The number of rotatable bonds is 2. The van der Waals surface area contributed by atoms with Crippen LogP contribution < -0.4 is 0 Å². The molecule has 0 aliphatic carbocycles. The Hall–Kier alpha value is -1.25. The van der Waals surface area contributed by atoms with E-state index < -0.39 is 0 Å². The van der Waals surface area contributed by atoms with Gasteiger partial charge in [-0.1, -0.05) is 18.2 Å². The van der Waals surface area contributed by atoms with Crippen LogP contribution in [0.1, 0.15) is 16.7 Å². The zero-order valence-electron chi connectivity index (χ0n) is 11.2. The van der Waals surface area contributed by atoms with E-state index >= 15 is 0 Å². The minimum absolute atomic E-state index is 0.104. The van der Waals surface area contributed by atoms with Crippen LogP contribution in [0.3, 0.4) is 0 Å². The summed E-state index contributed by atoms with van der Waals surface area (Å²) in [5.41, 5.74) is 4.40. The fourth-order valence-corrected chi connectivity index (χ4v) is 3.02. The molecule has 2 nitrogen and oxygen atoms in total. The molecule has 3 rings (SSSR count). The van der Waals surface area contributed by atoms with Crippen LogP contribution in [0.15, 0.2) is 42.7 Å². The number of aromatic nitrogens is 1. The fourth-order valence-electron chi connectivity index (χ4n) is 2.77. The van der Waals surface area contributed by atoms with E-state index in [1.165, 1.54) is 16.7 Å². The Kier molecular flexibility index (Phi) is 3.63. The lowest BCUT2D eigenvalue weighted by Gasteiger charge is -2.19. The average molecular weight is 275 g/mol. The summed E-state index contributed by atoms with van der Waals surface area (Å²) in [6.07, 6.45) is 6.25. The summed E-state index contributed by atoms with van der Waals surface area (Å²) in [4.78, 5) is 2.24. The number of alkyl halides is 1. The second kappa shape index (κ2) is 5.40. The molecule has 0 saturated heterocycles. The monoisotopic (exact) mass is 274 g/mol. The maximum Gasteiger partial charge on any atom is 0.0888 e. The van der Waals surface area contributed by atoms with Crippen molar-refractivity contribution in [2.75, 3.05) is 13.6 Å². The number of nitrogens with zero attached hydrogens (tertiary/aromatic N) is 2. The third kappa shape index (κ3) is 2.70. The Labute approximate surface area is 119 Å². The summed E-state index contributed by atoms with van der Waals surface area (Å²) < 4.78 is 2.22. The first-order valence-electron chi connectivity index (χ1n) is 6.79. The highest BCUT2D eigenvalue weighted by molar-refractivity contribution is 6.20. The molecule has 1 aromatic carbocycles. The third-order valence-corrected chi connectivity index (χ3v) is 4.46. The minimum atomic E-state index is 0.104. The lowest BCUT2D eigenvalue weighted by atomic mass is 9.97. The van der Waals surface area contributed by atoms with Gasteiger partial charge in [-0.3, -0.25) is 4.90 Å². The van der Waals surface area contributed by atoms with Gasteiger partial charge in [-0.2, -0.15) is 0 Å².